The predicted molar refractivity (Wildman–Crippen MR) is 80.3 cm³/mol. The summed E-state index contributed by atoms with van der Waals surface area (Å²) in [5.74, 6) is -0.00758. The second-order valence-electron chi connectivity index (χ2n) is 4.48. The summed E-state index contributed by atoms with van der Waals surface area (Å²) >= 11 is 1.52. The molecular formula is C15H13N3O2S. The quantitative estimate of drug-likeness (QED) is 0.741. The summed E-state index contributed by atoms with van der Waals surface area (Å²) in [7, 11) is 0. The summed E-state index contributed by atoms with van der Waals surface area (Å²) < 4.78 is 5.00. The molecule has 0 aliphatic rings. The third-order valence-corrected chi connectivity index (χ3v) is 3.84. The van der Waals surface area contributed by atoms with Crippen LogP contribution in [0.4, 0.5) is 5.69 Å². The van der Waals surface area contributed by atoms with Gasteiger partial charge in [0.2, 0.25) is 5.76 Å². The second kappa shape index (κ2) is 5.88. The molecule has 0 radical (unpaired) electrons. The molecular weight excluding hydrogens is 286 g/mol. The number of nitrogens with zero attached hydrogens (tertiary/aromatic N) is 3. The van der Waals surface area contributed by atoms with E-state index in [2.05, 4.69) is 10.1 Å². The summed E-state index contributed by atoms with van der Waals surface area (Å²) in [6.07, 6.45) is 3.20. The molecule has 0 aliphatic heterocycles. The van der Waals surface area contributed by atoms with Crippen molar-refractivity contribution in [3.8, 4) is 0 Å². The number of hydrogen-bond acceptors (Lipinski definition) is 5. The van der Waals surface area contributed by atoms with Crippen molar-refractivity contribution in [3.05, 3.63) is 64.4 Å². The van der Waals surface area contributed by atoms with Crippen LogP contribution in [0.5, 0.6) is 0 Å². The van der Waals surface area contributed by atoms with Gasteiger partial charge in [-0.25, -0.2) is 4.98 Å². The summed E-state index contributed by atoms with van der Waals surface area (Å²) in [4.78, 5) is 18.6. The smallest absolute Gasteiger partial charge is 0.297 e. The Morgan fingerprint density at radius 3 is 2.81 bits per heavy atom. The van der Waals surface area contributed by atoms with Gasteiger partial charge in [-0.2, -0.15) is 0 Å². The number of thiazole rings is 1. The highest BCUT2D eigenvalue weighted by atomic mass is 32.1. The summed E-state index contributed by atoms with van der Waals surface area (Å²) in [5.41, 5.74) is 1.86. The van der Waals surface area contributed by atoms with Crippen LogP contribution >= 0.6 is 11.3 Å². The average Bonchev–Trinajstić information content (AvgIpc) is 3.18. The maximum atomic E-state index is 12.7. The van der Waals surface area contributed by atoms with Gasteiger partial charge >= 0.3 is 0 Å². The van der Waals surface area contributed by atoms with Crippen LogP contribution in [-0.4, -0.2) is 16.0 Å². The number of carbonyl (C=O) groups excluding carboxylic acids is 1. The zero-order valence-electron chi connectivity index (χ0n) is 11.4. The van der Waals surface area contributed by atoms with Crippen LogP contribution in [0.15, 0.2) is 52.6 Å². The number of aromatic nitrogens is 2. The van der Waals surface area contributed by atoms with Crippen LogP contribution in [-0.2, 0) is 6.54 Å². The van der Waals surface area contributed by atoms with Crippen LogP contribution in [0.2, 0.25) is 0 Å². The molecule has 0 bridgehead atoms. The van der Waals surface area contributed by atoms with Gasteiger partial charge in [-0.15, -0.1) is 11.3 Å². The molecule has 21 heavy (non-hydrogen) atoms. The summed E-state index contributed by atoms with van der Waals surface area (Å²) in [6.45, 7) is 2.37. The van der Waals surface area contributed by atoms with Crippen molar-refractivity contribution in [2.24, 2.45) is 0 Å². The van der Waals surface area contributed by atoms with Gasteiger partial charge in [-0.1, -0.05) is 23.4 Å². The molecule has 5 nitrogen and oxygen atoms in total. The average molecular weight is 299 g/mol. The fraction of sp³-hybridized carbons (Fsp3) is 0.133. The molecule has 3 aromatic rings. The Morgan fingerprint density at radius 2 is 2.14 bits per heavy atom. The van der Waals surface area contributed by atoms with Gasteiger partial charge in [-0.05, 0) is 18.6 Å². The fourth-order valence-electron chi connectivity index (χ4n) is 2.06. The molecule has 2 heterocycles. The van der Waals surface area contributed by atoms with E-state index in [1.807, 2.05) is 36.6 Å². The van der Waals surface area contributed by atoms with Crippen molar-refractivity contribution >= 4 is 22.9 Å². The molecule has 0 spiro atoms. The van der Waals surface area contributed by atoms with Gasteiger partial charge in [0.15, 0.2) is 0 Å². The third kappa shape index (κ3) is 2.85. The van der Waals surface area contributed by atoms with E-state index in [1.54, 1.807) is 17.2 Å². The van der Waals surface area contributed by atoms with Gasteiger partial charge < -0.3 is 4.52 Å². The lowest BCUT2D eigenvalue weighted by Crippen LogP contribution is -2.30. The molecule has 6 heteroatoms. The molecule has 106 valence electrons. The Kier molecular flexibility index (Phi) is 3.79. The van der Waals surface area contributed by atoms with Crippen molar-refractivity contribution in [2.75, 3.05) is 4.90 Å². The minimum absolute atomic E-state index is 0.217. The number of para-hydroxylation sites is 1. The van der Waals surface area contributed by atoms with Crippen molar-refractivity contribution in [1.82, 2.24) is 10.1 Å². The van der Waals surface area contributed by atoms with E-state index in [4.69, 9.17) is 4.52 Å². The Balaban J connectivity index is 1.98. The van der Waals surface area contributed by atoms with Crippen LogP contribution < -0.4 is 4.90 Å². The van der Waals surface area contributed by atoms with Crippen LogP contribution in [0.1, 0.15) is 21.1 Å². The van der Waals surface area contributed by atoms with E-state index < -0.39 is 0 Å². The minimum atomic E-state index is -0.225. The number of aryl methyl sites for hydroxylation is 1. The Hall–Kier alpha value is -2.47. The maximum absolute atomic E-state index is 12.7. The lowest BCUT2D eigenvalue weighted by molar-refractivity contribution is 0.0949. The highest BCUT2D eigenvalue weighted by Crippen LogP contribution is 2.24. The van der Waals surface area contributed by atoms with Crippen molar-refractivity contribution < 1.29 is 9.32 Å². The normalized spacial score (nSPS) is 10.5. The van der Waals surface area contributed by atoms with Crippen LogP contribution in [0.25, 0.3) is 0 Å². The van der Waals surface area contributed by atoms with Gasteiger partial charge in [-0.3, -0.25) is 9.69 Å². The lowest BCUT2D eigenvalue weighted by atomic mass is 10.1. The monoisotopic (exact) mass is 299 g/mol. The van der Waals surface area contributed by atoms with E-state index >= 15 is 0 Å². The number of benzene rings is 1. The summed E-state index contributed by atoms with van der Waals surface area (Å²) in [5, 5.41) is 6.36. The molecule has 0 aliphatic carbocycles. The predicted octanol–water partition coefficient (Wildman–Crippen LogP) is 3.29. The van der Waals surface area contributed by atoms with E-state index in [1.165, 1.54) is 17.5 Å². The Bertz CT molecular complexity index is 723. The Labute approximate surface area is 125 Å². The topological polar surface area (TPSA) is 59.2 Å². The van der Waals surface area contributed by atoms with Gasteiger partial charge in [0.25, 0.3) is 5.91 Å². The van der Waals surface area contributed by atoms with Gasteiger partial charge in [0, 0.05) is 23.3 Å². The van der Waals surface area contributed by atoms with Crippen LogP contribution in [0.3, 0.4) is 0 Å². The number of rotatable bonds is 4. The molecule has 2 aromatic heterocycles. The molecule has 0 atom stereocenters. The first-order valence-electron chi connectivity index (χ1n) is 6.42. The molecule has 1 amide bonds. The number of hydrogen-bond donors (Lipinski definition) is 0. The zero-order valence-corrected chi connectivity index (χ0v) is 12.2. The summed E-state index contributed by atoms with van der Waals surface area (Å²) in [6, 6.07) is 9.30. The standard InChI is InChI=1S/C15H13N3O2S/c1-11-4-2-3-5-12(11)18(10-14-16-8-9-21-14)15(19)13-6-7-17-20-13/h2-9H,10H2,1H3. The molecule has 0 N–H and O–H groups in total. The SMILES string of the molecule is Cc1ccccc1N(Cc1nccs1)C(=O)c1ccno1. The van der Waals surface area contributed by atoms with E-state index in [9.17, 15) is 4.79 Å². The zero-order chi connectivity index (χ0) is 14.7. The molecule has 0 fully saturated rings. The Morgan fingerprint density at radius 1 is 1.29 bits per heavy atom. The molecule has 0 saturated carbocycles. The van der Waals surface area contributed by atoms with Crippen molar-refractivity contribution in [2.45, 2.75) is 13.5 Å². The first-order valence-corrected chi connectivity index (χ1v) is 7.30. The van der Waals surface area contributed by atoms with Crippen molar-refractivity contribution in [1.29, 1.82) is 0 Å². The number of anilines is 1. The second-order valence-corrected chi connectivity index (χ2v) is 5.46. The largest absolute Gasteiger partial charge is 0.351 e. The maximum Gasteiger partial charge on any atom is 0.297 e. The first kappa shape index (κ1) is 13.5. The van der Waals surface area contributed by atoms with E-state index in [-0.39, 0.29) is 11.7 Å². The molecule has 0 saturated heterocycles. The van der Waals surface area contributed by atoms with E-state index in [0.29, 0.717) is 6.54 Å². The molecule has 1 aromatic carbocycles. The van der Waals surface area contributed by atoms with Crippen molar-refractivity contribution in [3.63, 3.8) is 0 Å². The fourth-order valence-corrected chi connectivity index (χ4v) is 2.66. The number of carbonyl (C=O) groups is 1. The highest BCUT2D eigenvalue weighted by molar-refractivity contribution is 7.09. The minimum Gasteiger partial charge on any atom is -0.351 e. The molecule has 0 unspecified atom stereocenters. The van der Waals surface area contributed by atoms with Crippen LogP contribution in [0, 0.1) is 6.92 Å². The van der Waals surface area contributed by atoms with E-state index in [0.717, 1.165) is 16.3 Å². The first-order chi connectivity index (χ1) is 10.3. The highest BCUT2D eigenvalue weighted by Gasteiger charge is 2.23. The molecule has 3 rings (SSSR count). The van der Waals surface area contributed by atoms with Gasteiger partial charge in [0.05, 0.1) is 12.7 Å². The number of amides is 1. The third-order valence-electron chi connectivity index (χ3n) is 3.08. The van der Waals surface area contributed by atoms with Gasteiger partial charge in [0.1, 0.15) is 5.01 Å². The lowest BCUT2D eigenvalue weighted by Gasteiger charge is -2.22.